The first kappa shape index (κ1) is 32.1. The van der Waals surface area contributed by atoms with Crippen LogP contribution >= 0.6 is 11.6 Å². The molecule has 1 aliphatic heterocycles. The average Bonchev–Trinajstić information content (AvgIpc) is 3.14. The molecule has 1 heterocycles. The first-order valence-electron chi connectivity index (χ1n) is 14.8. The zero-order valence-corrected chi connectivity index (χ0v) is 27.2. The van der Waals surface area contributed by atoms with Gasteiger partial charge in [0.15, 0.2) is 0 Å². The summed E-state index contributed by atoms with van der Waals surface area (Å²) < 4.78 is 31.6. The molecule has 1 N–H and O–H groups in total. The Labute approximate surface area is 257 Å². The number of hydrogen-bond acceptors (Lipinski definition) is 3. The Morgan fingerprint density at radius 1 is 1.07 bits per heavy atom. The molecule has 2 aliphatic rings. The lowest BCUT2D eigenvalue weighted by Gasteiger charge is -2.28. The Balaban J connectivity index is 1.60. The summed E-state index contributed by atoms with van der Waals surface area (Å²) in [5.41, 5.74) is 8.96. The van der Waals surface area contributed by atoms with Crippen molar-refractivity contribution < 1.29 is 13.0 Å². The van der Waals surface area contributed by atoms with Crippen LogP contribution < -0.4 is 4.90 Å². The number of para-hydroxylation sites is 1. The second-order valence-electron chi connectivity index (χ2n) is 12.5. The second-order valence-corrected chi connectivity index (χ2v) is 14.5. The highest BCUT2D eigenvalue weighted by Crippen LogP contribution is 2.48. The molecular formula is C36H44ClNO3S. The summed E-state index contributed by atoms with van der Waals surface area (Å²) in [5, 5.41) is 0.809. The number of rotatable bonds is 10. The third-order valence-electron chi connectivity index (χ3n) is 8.84. The summed E-state index contributed by atoms with van der Waals surface area (Å²) in [6.07, 6.45) is 12.5. The fraction of sp³-hybridized carbons (Fsp3) is 0.389. The normalized spacial score (nSPS) is 19.3. The van der Waals surface area contributed by atoms with Crippen molar-refractivity contribution in [2.24, 2.45) is 0 Å². The summed E-state index contributed by atoms with van der Waals surface area (Å²) in [4.78, 5) is 2.29. The SMILES string of the molecule is C=C(/C=C/C1=C(Cl)C(=C/C=C2/N(CCCCS(=O)(=O)O)c3ccccc3C2(C)C)/CCC1)C(C)(C)c1ccccc1C. The van der Waals surface area contributed by atoms with Gasteiger partial charge >= 0.3 is 0 Å². The van der Waals surface area contributed by atoms with Crippen LogP contribution in [0.4, 0.5) is 5.69 Å². The number of fused-ring (bicyclic) bond motifs is 1. The molecule has 0 amide bonds. The average molecular weight is 606 g/mol. The molecule has 4 rings (SSSR count). The van der Waals surface area contributed by atoms with Gasteiger partial charge in [-0.15, -0.1) is 0 Å². The number of nitrogens with zero attached hydrogens (tertiary/aromatic N) is 1. The van der Waals surface area contributed by atoms with E-state index in [0.29, 0.717) is 19.4 Å². The van der Waals surface area contributed by atoms with Crippen molar-refractivity contribution in [3.8, 4) is 0 Å². The number of benzene rings is 2. The summed E-state index contributed by atoms with van der Waals surface area (Å²) >= 11 is 7.02. The van der Waals surface area contributed by atoms with Crippen molar-refractivity contribution in [1.29, 1.82) is 0 Å². The van der Waals surface area contributed by atoms with E-state index < -0.39 is 10.1 Å². The summed E-state index contributed by atoms with van der Waals surface area (Å²) in [7, 11) is -3.96. The van der Waals surface area contributed by atoms with Gasteiger partial charge in [-0.25, -0.2) is 0 Å². The lowest BCUT2D eigenvalue weighted by molar-refractivity contribution is 0.480. The van der Waals surface area contributed by atoms with E-state index in [2.05, 4.69) is 113 Å². The van der Waals surface area contributed by atoms with Gasteiger partial charge in [-0.1, -0.05) is 107 Å². The molecule has 0 unspecified atom stereocenters. The zero-order valence-electron chi connectivity index (χ0n) is 25.6. The number of hydrogen-bond donors (Lipinski definition) is 1. The summed E-state index contributed by atoms with van der Waals surface area (Å²) in [6, 6.07) is 16.9. The highest BCUT2D eigenvalue weighted by Gasteiger charge is 2.39. The Hall–Kier alpha value is -2.86. The van der Waals surface area contributed by atoms with E-state index in [1.54, 1.807) is 0 Å². The molecule has 0 fully saturated rings. The first-order chi connectivity index (χ1) is 19.7. The smallest absolute Gasteiger partial charge is 0.264 e. The monoisotopic (exact) mass is 605 g/mol. The molecular weight excluding hydrogens is 562 g/mol. The van der Waals surface area contributed by atoms with Crippen LogP contribution in [0.1, 0.15) is 76.5 Å². The third kappa shape index (κ3) is 7.02. The highest BCUT2D eigenvalue weighted by atomic mass is 35.5. The predicted octanol–water partition coefficient (Wildman–Crippen LogP) is 9.34. The van der Waals surface area contributed by atoms with Gasteiger partial charge in [-0.3, -0.25) is 4.55 Å². The molecule has 0 saturated heterocycles. The number of aryl methyl sites for hydroxylation is 1. The molecule has 0 saturated carbocycles. The van der Waals surface area contributed by atoms with Crippen LogP contribution in [0, 0.1) is 6.92 Å². The Morgan fingerprint density at radius 3 is 2.48 bits per heavy atom. The maximum Gasteiger partial charge on any atom is 0.264 e. The summed E-state index contributed by atoms with van der Waals surface area (Å²) in [5.74, 6) is -0.222. The zero-order chi connectivity index (χ0) is 30.7. The molecule has 4 nitrogen and oxygen atoms in total. The molecule has 42 heavy (non-hydrogen) atoms. The minimum atomic E-state index is -3.96. The molecule has 0 radical (unpaired) electrons. The van der Waals surface area contributed by atoms with Crippen LogP contribution in [0.5, 0.6) is 0 Å². The van der Waals surface area contributed by atoms with Gasteiger partial charge in [0, 0.05) is 33.8 Å². The Kier molecular flexibility index (Phi) is 9.76. The second kappa shape index (κ2) is 12.8. The minimum Gasteiger partial charge on any atom is -0.344 e. The van der Waals surface area contributed by atoms with E-state index in [9.17, 15) is 8.42 Å². The molecule has 2 aromatic carbocycles. The topological polar surface area (TPSA) is 57.6 Å². The molecule has 224 valence electrons. The van der Waals surface area contributed by atoms with Crippen molar-refractivity contribution in [3.05, 3.63) is 124 Å². The van der Waals surface area contributed by atoms with Crippen molar-refractivity contribution in [2.75, 3.05) is 17.2 Å². The third-order valence-corrected chi connectivity index (χ3v) is 10.1. The molecule has 2 aromatic rings. The van der Waals surface area contributed by atoms with E-state index in [4.69, 9.17) is 16.2 Å². The van der Waals surface area contributed by atoms with E-state index in [1.807, 2.05) is 6.07 Å². The lowest BCUT2D eigenvalue weighted by Crippen LogP contribution is -2.27. The Bertz CT molecular complexity index is 1570. The fourth-order valence-corrected chi connectivity index (χ4v) is 7.06. The van der Waals surface area contributed by atoms with E-state index in [-0.39, 0.29) is 16.6 Å². The molecule has 6 heteroatoms. The van der Waals surface area contributed by atoms with E-state index in [1.165, 1.54) is 16.7 Å². The Morgan fingerprint density at radius 2 is 1.76 bits per heavy atom. The van der Waals surface area contributed by atoms with Gasteiger partial charge in [-0.05, 0) is 84.6 Å². The quantitative estimate of drug-likeness (QED) is 0.166. The number of allylic oxidation sites excluding steroid dienone is 9. The summed E-state index contributed by atoms with van der Waals surface area (Å²) in [6.45, 7) is 16.1. The van der Waals surface area contributed by atoms with E-state index in [0.717, 1.165) is 52.4 Å². The van der Waals surface area contributed by atoms with Crippen LogP contribution in [0.3, 0.4) is 0 Å². The predicted molar refractivity (Wildman–Crippen MR) is 178 cm³/mol. The number of anilines is 1. The molecule has 0 spiro atoms. The largest absolute Gasteiger partial charge is 0.344 e. The minimum absolute atomic E-state index is 0.194. The number of unbranched alkanes of at least 4 members (excludes halogenated alkanes) is 1. The van der Waals surface area contributed by atoms with Gasteiger partial charge in [0.2, 0.25) is 0 Å². The van der Waals surface area contributed by atoms with Crippen LogP contribution in [0.2, 0.25) is 0 Å². The van der Waals surface area contributed by atoms with Crippen molar-refractivity contribution in [1.82, 2.24) is 0 Å². The maximum atomic E-state index is 11.2. The van der Waals surface area contributed by atoms with Gasteiger partial charge < -0.3 is 4.90 Å². The highest BCUT2D eigenvalue weighted by molar-refractivity contribution is 7.85. The lowest BCUT2D eigenvalue weighted by atomic mass is 9.76. The van der Waals surface area contributed by atoms with Gasteiger partial charge in [0.25, 0.3) is 10.1 Å². The molecule has 0 bridgehead atoms. The van der Waals surface area contributed by atoms with Gasteiger partial charge in [-0.2, -0.15) is 8.42 Å². The molecule has 1 aliphatic carbocycles. The molecule has 0 aromatic heterocycles. The first-order valence-corrected chi connectivity index (χ1v) is 16.8. The fourth-order valence-electron chi connectivity index (χ4n) is 6.18. The van der Waals surface area contributed by atoms with Crippen molar-refractivity contribution in [2.45, 2.75) is 77.6 Å². The van der Waals surface area contributed by atoms with Crippen molar-refractivity contribution in [3.63, 3.8) is 0 Å². The van der Waals surface area contributed by atoms with Crippen LogP contribution in [-0.2, 0) is 20.9 Å². The van der Waals surface area contributed by atoms with Gasteiger partial charge in [0.1, 0.15) is 0 Å². The van der Waals surface area contributed by atoms with Gasteiger partial charge in [0.05, 0.1) is 5.75 Å². The molecule has 0 atom stereocenters. The maximum absolute atomic E-state index is 11.2. The number of halogens is 1. The van der Waals surface area contributed by atoms with Crippen LogP contribution in [0.15, 0.2) is 107 Å². The standard InChI is InChI=1S/C36H44ClNO3S/c1-26-14-7-8-17-30(26)35(3,4)27(2)20-21-28-15-13-16-29(34(28)37)22-23-33-36(5,6)31-18-9-10-19-32(31)38(33)24-11-12-25-42(39,40)41/h7-10,14,17-23H,2,11-13,15-16,24-25H2,1,3-6H3,(H,39,40,41)/b21-20+,29-22+,33-23+. The van der Waals surface area contributed by atoms with Crippen LogP contribution in [0.25, 0.3) is 0 Å². The van der Waals surface area contributed by atoms with Crippen LogP contribution in [-0.4, -0.2) is 25.3 Å². The van der Waals surface area contributed by atoms with Crippen molar-refractivity contribution >= 4 is 27.4 Å². The van der Waals surface area contributed by atoms with E-state index >= 15 is 0 Å².